The van der Waals surface area contributed by atoms with Crippen molar-refractivity contribution in [2.24, 2.45) is 17.8 Å². The molecule has 2 aliphatic carbocycles. The molecule has 2 heterocycles. The van der Waals surface area contributed by atoms with Crippen LogP contribution in [0.3, 0.4) is 0 Å². The zero-order chi connectivity index (χ0) is 38.9. The van der Waals surface area contributed by atoms with Crippen LogP contribution in [0.5, 0.6) is 11.5 Å². The van der Waals surface area contributed by atoms with Gasteiger partial charge in [0, 0.05) is 17.4 Å². The van der Waals surface area contributed by atoms with Gasteiger partial charge in [-0.1, -0.05) is 42.0 Å². The van der Waals surface area contributed by atoms with Crippen molar-refractivity contribution in [3.63, 3.8) is 0 Å². The first-order valence-electron chi connectivity index (χ1n) is 16.1. The number of hydrogen-bond acceptors (Lipinski definition) is 7. The number of alkyl halides is 2. The van der Waals surface area contributed by atoms with E-state index < -0.39 is 116 Å². The monoisotopic (exact) mass is 786 g/mol. The van der Waals surface area contributed by atoms with Gasteiger partial charge in [0.1, 0.15) is 22.7 Å². The van der Waals surface area contributed by atoms with Crippen LogP contribution < -0.4 is 9.80 Å². The Morgan fingerprint density at radius 1 is 0.741 bits per heavy atom. The van der Waals surface area contributed by atoms with Gasteiger partial charge in [-0.15, -0.1) is 23.2 Å². The quantitative estimate of drug-likeness (QED) is 0.0536. The van der Waals surface area contributed by atoms with Crippen LogP contribution in [0.25, 0.3) is 10.8 Å². The largest absolute Gasteiger partial charge is 0.507 e. The molecule has 4 aromatic carbocycles. The normalized spacial score (nSPS) is 27.6. The number of aromatic carboxylic acids is 1. The highest BCUT2D eigenvalue weighted by Crippen LogP contribution is 2.66. The predicted octanol–water partition coefficient (Wildman–Crippen LogP) is 6.41. The summed E-state index contributed by atoms with van der Waals surface area (Å²) in [7, 11) is 0. The third-order valence-corrected chi connectivity index (χ3v) is 12.4. The van der Waals surface area contributed by atoms with E-state index in [1.165, 1.54) is 30.3 Å². The van der Waals surface area contributed by atoms with Gasteiger partial charge >= 0.3 is 5.97 Å². The highest BCUT2D eigenvalue weighted by Gasteiger charge is 2.77. The van der Waals surface area contributed by atoms with Gasteiger partial charge in [-0.05, 0) is 47.9 Å². The average Bonchev–Trinajstić information content (AvgIpc) is 3.48. The molecule has 3 N–H and O–H groups in total. The van der Waals surface area contributed by atoms with Crippen LogP contribution >= 0.6 is 23.2 Å². The van der Waals surface area contributed by atoms with E-state index in [4.69, 9.17) is 23.2 Å². The van der Waals surface area contributed by atoms with E-state index in [9.17, 15) is 52.5 Å². The smallest absolute Gasteiger partial charge is 0.339 e. The number of allylic oxidation sites excluding steroid dienone is 2. The molecule has 3 fully saturated rings. The number of amides is 4. The summed E-state index contributed by atoms with van der Waals surface area (Å²) in [5, 5.41) is 30.9. The molecule has 6 atom stereocenters. The fraction of sp³-hybridized carbons (Fsp3) is 0.216. The van der Waals surface area contributed by atoms with Crippen LogP contribution in [0.15, 0.2) is 66.2 Å². The Bertz CT molecular complexity index is 2470. The van der Waals surface area contributed by atoms with Crippen LogP contribution in [0, 0.1) is 46.8 Å². The van der Waals surface area contributed by atoms with Crippen molar-refractivity contribution in [1.29, 1.82) is 0 Å². The fourth-order valence-corrected chi connectivity index (χ4v) is 9.49. The lowest BCUT2D eigenvalue weighted by molar-refractivity contribution is -0.125. The number of anilines is 2. The Morgan fingerprint density at radius 2 is 1.37 bits per heavy atom. The van der Waals surface area contributed by atoms with Gasteiger partial charge < -0.3 is 15.3 Å². The van der Waals surface area contributed by atoms with Crippen molar-refractivity contribution in [3.8, 4) is 11.5 Å². The summed E-state index contributed by atoms with van der Waals surface area (Å²) >= 11 is 14.4. The number of phenols is 2. The summed E-state index contributed by atoms with van der Waals surface area (Å²) in [6, 6.07) is 11.8. The molecule has 2 saturated heterocycles. The van der Waals surface area contributed by atoms with Gasteiger partial charge in [0.15, 0.2) is 33.0 Å². The highest BCUT2D eigenvalue weighted by atomic mass is 35.5. The number of carboxylic acids is 1. The van der Waals surface area contributed by atoms with Crippen LogP contribution in [-0.2, 0) is 19.2 Å². The molecule has 8 rings (SSSR count). The number of aromatic hydroxyl groups is 2. The lowest BCUT2D eigenvalue weighted by Crippen LogP contribution is -2.60. The second kappa shape index (κ2) is 11.7. The molecular formula is C37H21Cl2F5N2O8. The first-order chi connectivity index (χ1) is 25.5. The number of hydrogen-bond donors (Lipinski definition) is 3. The molecule has 0 bridgehead atoms. The molecule has 276 valence electrons. The Hall–Kier alpha value is -5.54. The minimum Gasteiger partial charge on any atom is -0.507 e. The van der Waals surface area contributed by atoms with Gasteiger partial charge in [0.25, 0.3) is 11.8 Å². The third-order valence-electron chi connectivity index (χ3n) is 10.9. The maximum absolute atomic E-state index is 15.3. The number of carbonyl (C=O) groups excluding carboxylic acids is 4. The SMILES string of the molecule is O=C(O)c1ccc(N2C(=O)C3CC=C4C(CC5(Cl)C(=O)N(c6c(F)c(F)c(F)c(F)c6F)C(=O)C5(Cl)C4c4ccc(O)c5ccccc45)C3C2=O)cc1O. The van der Waals surface area contributed by atoms with Crippen molar-refractivity contribution in [1.82, 2.24) is 0 Å². The van der Waals surface area contributed by atoms with E-state index in [1.54, 1.807) is 12.1 Å². The van der Waals surface area contributed by atoms with Crippen molar-refractivity contribution < 1.29 is 61.2 Å². The number of rotatable bonds is 4. The lowest BCUT2D eigenvalue weighted by Gasteiger charge is -2.51. The van der Waals surface area contributed by atoms with Gasteiger partial charge in [-0.25, -0.2) is 36.5 Å². The molecule has 54 heavy (non-hydrogen) atoms. The van der Waals surface area contributed by atoms with Crippen molar-refractivity contribution in [2.45, 2.75) is 28.5 Å². The van der Waals surface area contributed by atoms with E-state index in [1.807, 2.05) is 0 Å². The summed E-state index contributed by atoms with van der Waals surface area (Å²) in [6.45, 7) is 0. The topological polar surface area (TPSA) is 153 Å². The minimum absolute atomic E-state index is 0.126. The molecule has 0 aromatic heterocycles. The average molecular weight is 787 g/mol. The number of halogens is 7. The summed E-state index contributed by atoms with van der Waals surface area (Å²) in [4.78, 5) is 63.6. The Labute approximate surface area is 309 Å². The van der Waals surface area contributed by atoms with Crippen LogP contribution in [0.2, 0.25) is 0 Å². The molecule has 4 aliphatic rings. The fourth-order valence-electron chi connectivity index (χ4n) is 8.56. The van der Waals surface area contributed by atoms with Gasteiger partial charge in [0.05, 0.1) is 17.5 Å². The lowest BCUT2D eigenvalue weighted by atomic mass is 9.56. The van der Waals surface area contributed by atoms with E-state index in [0.717, 1.165) is 23.1 Å². The number of imide groups is 2. The third kappa shape index (κ3) is 4.36. The van der Waals surface area contributed by atoms with E-state index in [0.29, 0.717) is 0 Å². The van der Waals surface area contributed by atoms with Gasteiger partial charge in [0.2, 0.25) is 17.6 Å². The van der Waals surface area contributed by atoms with Gasteiger partial charge in [-0.2, -0.15) is 0 Å². The molecule has 0 spiro atoms. The molecule has 17 heteroatoms. The predicted molar refractivity (Wildman–Crippen MR) is 180 cm³/mol. The molecule has 6 unspecified atom stereocenters. The minimum atomic E-state index is -2.77. The van der Waals surface area contributed by atoms with Crippen molar-refractivity contribution in [2.75, 3.05) is 9.80 Å². The number of benzene rings is 4. The molecule has 2 aliphatic heterocycles. The molecule has 0 radical (unpaired) electrons. The first kappa shape index (κ1) is 35.5. The Balaban J connectivity index is 1.34. The Kier molecular flexibility index (Phi) is 7.71. The number of fused-ring (bicyclic) bond motifs is 5. The molecule has 4 amide bonds. The number of carboxylic acid groups (broad SMARTS) is 1. The molecular weight excluding hydrogens is 766 g/mol. The maximum atomic E-state index is 15.3. The first-order valence-corrected chi connectivity index (χ1v) is 16.9. The van der Waals surface area contributed by atoms with Crippen molar-refractivity contribution in [3.05, 3.63) is 106 Å². The highest BCUT2D eigenvalue weighted by molar-refractivity contribution is 6.58. The van der Waals surface area contributed by atoms with Crippen LogP contribution in [0.4, 0.5) is 33.3 Å². The summed E-state index contributed by atoms with van der Waals surface area (Å²) in [6.07, 6.45) is 0.607. The summed E-state index contributed by atoms with van der Waals surface area (Å²) in [5.74, 6) is -25.2. The Morgan fingerprint density at radius 3 is 2.00 bits per heavy atom. The van der Waals surface area contributed by atoms with Crippen molar-refractivity contribution >= 4 is 74.9 Å². The standard InChI is InChI=1S/C37H21Cl2F5N2O8/c38-36-12-20-17(7-8-19-23(20)32(50)45(31(19)49)13-5-6-18(33(51)52)22(48)11-13)24(16-9-10-21(47)15-4-2-1-3-14(15)16)37(36,39)35(54)46(34(36)53)30-28(43)26(41)25(40)27(42)29(30)44/h1-7,9-11,19-20,23-24,47-48H,8,12H2,(H,51,52). The zero-order valence-corrected chi connectivity index (χ0v) is 28.4. The van der Waals surface area contributed by atoms with Crippen LogP contribution in [0.1, 0.15) is 34.7 Å². The second-order valence-corrected chi connectivity index (χ2v) is 14.7. The maximum Gasteiger partial charge on any atom is 0.339 e. The molecule has 10 nitrogen and oxygen atoms in total. The number of nitrogens with zero attached hydrogens (tertiary/aromatic N) is 2. The summed E-state index contributed by atoms with van der Waals surface area (Å²) in [5.41, 5.74) is -2.30. The second-order valence-electron chi connectivity index (χ2n) is 13.4. The molecule has 4 aromatic rings. The molecule has 1 saturated carbocycles. The van der Waals surface area contributed by atoms with Gasteiger partial charge in [-0.3, -0.25) is 19.2 Å². The van der Waals surface area contributed by atoms with E-state index in [2.05, 4.69) is 0 Å². The van der Waals surface area contributed by atoms with E-state index >= 15 is 8.78 Å². The van der Waals surface area contributed by atoms with E-state index in [-0.39, 0.29) is 44.7 Å². The zero-order valence-electron chi connectivity index (χ0n) is 26.9. The van der Waals surface area contributed by atoms with Crippen LogP contribution in [-0.4, -0.2) is 54.7 Å². The number of carbonyl (C=O) groups is 5. The summed E-state index contributed by atoms with van der Waals surface area (Å²) < 4.78 is 73.9. The number of phenolic OH excluding ortho intramolecular Hbond substituents is 1.